The zero-order valence-electron chi connectivity index (χ0n) is 13.9. The molecule has 2 N–H and O–H groups in total. The van der Waals surface area contributed by atoms with Gasteiger partial charge < -0.3 is 4.42 Å². The van der Waals surface area contributed by atoms with Crippen molar-refractivity contribution >= 4 is 37.7 Å². The molecule has 0 bridgehead atoms. The number of sulfonamides is 1. The number of hydrogen-bond acceptors (Lipinski definition) is 4. The summed E-state index contributed by atoms with van der Waals surface area (Å²) in [5, 5.41) is 1.53. The molecule has 1 aromatic heterocycles. The van der Waals surface area contributed by atoms with Crippen molar-refractivity contribution in [2.75, 3.05) is 0 Å². The van der Waals surface area contributed by atoms with Crippen LogP contribution in [0.1, 0.15) is 20.3 Å². The van der Waals surface area contributed by atoms with Crippen molar-refractivity contribution in [1.82, 2.24) is 10.5 Å². The van der Waals surface area contributed by atoms with E-state index in [4.69, 9.17) is 10.2 Å². The lowest BCUT2D eigenvalue weighted by Gasteiger charge is -2.16. The second kappa shape index (κ2) is 6.59. The molecule has 0 spiro atoms. The van der Waals surface area contributed by atoms with Crippen LogP contribution < -0.4 is 10.5 Å². The van der Waals surface area contributed by atoms with E-state index in [9.17, 15) is 13.2 Å². The van der Waals surface area contributed by atoms with E-state index in [0.717, 1.165) is 5.39 Å². The van der Waals surface area contributed by atoms with Gasteiger partial charge in [-0.25, -0.2) is 18.9 Å². The van der Waals surface area contributed by atoms with Gasteiger partial charge >= 0.3 is 0 Å². The molecule has 3 rings (SSSR count). The van der Waals surface area contributed by atoms with Crippen molar-refractivity contribution in [2.45, 2.75) is 37.2 Å². The number of hydrogen-bond donors (Lipinski definition) is 1. The van der Waals surface area contributed by atoms with Gasteiger partial charge in [0.1, 0.15) is 11.2 Å². The molecule has 7 heteroatoms. The van der Waals surface area contributed by atoms with Crippen molar-refractivity contribution in [3.63, 3.8) is 0 Å². The Kier molecular flexibility index (Phi) is 4.64. The van der Waals surface area contributed by atoms with Crippen molar-refractivity contribution < 1.29 is 17.6 Å². The fourth-order valence-electron chi connectivity index (χ4n) is 2.73. The van der Waals surface area contributed by atoms with E-state index in [0.29, 0.717) is 23.0 Å². The van der Waals surface area contributed by atoms with Crippen LogP contribution in [0.3, 0.4) is 0 Å². The average Bonchev–Trinajstić information content (AvgIpc) is 2.97. The third-order valence-electron chi connectivity index (χ3n) is 4.17. The van der Waals surface area contributed by atoms with Crippen LogP contribution >= 0.6 is 0 Å². The molecule has 2 atom stereocenters. The monoisotopic (exact) mass is 359 g/mol. The Hall–Kier alpha value is -2.22. The van der Waals surface area contributed by atoms with Gasteiger partial charge in [0.05, 0.1) is 17.0 Å². The van der Waals surface area contributed by atoms with Crippen molar-refractivity contribution in [3.8, 4) is 0 Å². The Morgan fingerprint density at radius 2 is 1.84 bits per heavy atom. The third kappa shape index (κ3) is 3.30. The molecule has 25 heavy (non-hydrogen) atoms. The number of benzene rings is 2. The molecule has 3 aromatic rings. The molecule has 0 aliphatic rings. The van der Waals surface area contributed by atoms with Gasteiger partial charge in [-0.05, 0) is 37.6 Å². The summed E-state index contributed by atoms with van der Waals surface area (Å²) in [6.45, 7) is 3.18. The van der Waals surface area contributed by atoms with Crippen LogP contribution in [-0.4, -0.2) is 26.3 Å². The van der Waals surface area contributed by atoms with Gasteiger partial charge in [-0.2, -0.15) is 0 Å². The first-order chi connectivity index (χ1) is 11.8. The number of rotatable bonds is 6. The molecular weight excluding hydrogens is 340 g/mol. The van der Waals surface area contributed by atoms with Crippen molar-refractivity contribution in [1.29, 1.82) is 0 Å². The van der Waals surface area contributed by atoms with Crippen LogP contribution in [0.5, 0.6) is 0 Å². The third-order valence-corrected chi connectivity index (χ3v) is 5.71. The summed E-state index contributed by atoms with van der Waals surface area (Å²) in [6, 6.07) is 10.1. The van der Waals surface area contributed by atoms with Crippen molar-refractivity contribution in [3.05, 3.63) is 42.5 Å². The van der Waals surface area contributed by atoms with Gasteiger partial charge in [0.15, 0.2) is 5.78 Å². The van der Waals surface area contributed by atoms with Crippen LogP contribution in [-0.2, 0) is 14.8 Å². The van der Waals surface area contributed by atoms with E-state index in [1.165, 1.54) is 13.0 Å². The molecule has 2 unspecified atom stereocenters. The number of carbonyl (C=O) groups is 1. The Morgan fingerprint density at radius 1 is 1.16 bits per heavy atom. The molecule has 0 amide bonds. The highest BCUT2D eigenvalue weighted by atomic mass is 32.2. The quantitative estimate of drug-likeness (QED) is 0.731. The van der Waals surface area contributed by atoms with E-state index < -0.39 is 27.9 Å². The molecule has 0 fully saturated rings. The van der Waals surface area contributed by atoms with Crippen LogP contribution in [0.4, 0.5) is 0 Å². The van der Waals surface area contributed by atoms with Crippen LogP contribution in [0, 0.1) is 0 Å². The van der Waals surface area contributed by atoms with Gasteiger partial charge in [-0.1, -0.05) is 25.1 Å². The van der Waals surface area contributed by atoms with Crippen molar-refractivity contribution in [2.24, 2.45) is 0 Å². The SMILES string of the molecule is CCC([NH])C(=O)C(C)NS(=O)(=O)c1ccc2oc3ccccc3c2c1. The number of para-hydroxylation sites is 1. The van der Waals surface area contributed by atoms with Gasteiger partial charge in [0.2, 0.25) is 10.0 Å². The zero-order valence-corrected chi connectivity index (χ0v) is 14.8. The summed E-state index contributed by atoms with van der Waals surface area (Å²) < 4.78 is 33.3. The summed E-state index contributed by atoms with van der Waals surface area (Å²) >= 11 is 0. The maximum absolute atomic E-state index is 12.6. The van der Waals surface area contributed by atoms with Crippen LogP contribution in [0.25, 0.3) is 21.9 Å². The number of nitrogens with one attached hydrogen (secondary N) is 2. The van der Waals surface area contributed by atoms with Gasteiger partial charge in [0.25, 0.3) is 0 Å². The van der Waals surface area contributed by atoms with E-state index in [2.05, 4.69) is 4.72 Å². The first-order valence-electron chi connectivity index (χ1n) is 8.02. The second-order valence-corrected chi connectivity index (χ2v) is 7.68. The lowest BCUT2D eigenvalue weighted by Crippen LogP contribution is -2.43. The van der Waals surface area contributed by atoms with E-state index in [1.807, 2.05) is 24.3 Å². The lowest BCUT2D eigenvalue weighted by molar-refractivity contribution is -0.121. The van der Waals surface area contributed by atoms with E-state index in [-0.39, 0.29) is 4.90 Å². The normalized spacial score (nSPS) is 14.7. The highest BCUT2D eigenvalue weighted by Crippen LogP contribution is 2.30. The van der Waals surface area contributed by atoms with Gasteiger partial charge in [-0.3, -0.25) is 4.79 Å². The first kappa shape index (κ1) is 17.6. The summed E-state index contributed by atoms with van der Waals surface area (Å²) in [5.74, 6) is -0.444. The Bertz CT molecular complexity index is 1040. The van der Waals surface area contributed by atoms with Crippen LogP contribution in [0.2, 0.25) is 0 Å². The number of furan rings is 1. The molecule has 2 aromatic carbocycles. The molecule has 1 heterocycles. The minimum atomic E-state index is -3.88. The molecule has 0 saturated carbocycles. The number of fused-ring (bicyclic) bond motifs is 3. The Labute approximate surface area is 146 Å². The lowest BCUT2D eigenvalue weighted by atomic mass is 10.1. The molecule has 1 radical (unpaired) electrons. The first-order valence-corrected chi connectivity index (χ1v) is 9.50. The smallest absolute Gasteiger partial charge is 0.241 e. The maximum Gasteiger partial charge on any atom is 0.241 e. The molecule has 131 valence electrons. The zero-order chi connectivity index (χ0) is 18.2. The number of carbonyl (C=O) groups excluding carboxylic acids is 1. The second-order valence-electron chi connectivity index (χ2n) is 5.96. The Morgan fingerprint density at radius 3 is 2.56 bits per heavy atom. The predicted molar refractivity (Wildman–Crippen MR) is 95.7 cm³/mol. The molecule has 0 aliphatic carbocycles. The van der Waals surface area contributed by atoms with Gasteiger partial charge in [-0.15, -0.1) is 0 Å². The fraction of sp³-hybridized carbons (Fsp3) is 0.278. The minimum Gasteiger partial charge on any atom is -0.456 e. The molecule has 0 saturated heterocycles. The summed E-state index contributed by atoms with van der Waals surface area (Å²) in [5.41, 5.74) is 8.93. The number of Topliss-reactive ketones (excluding diaryl/α,β-unsaturated/α-hetero) is 1. The fourth-order valence-corrected chi connectivity index (χ4v) is 3.97. The van der Waals surface area contributed by atoms with E-state index >= 15 is 0 Å². The number of ketones is 1. The highest BCUT2D eigenvalue weighted by Gasteiger charge is 2.25. The molecular formula is C18H19N2O4S. The Balaban J connectivity index is 1.97. The van der Waals surface area contributed by atoms with Crippen LogP contribution in [0.15, 0.2) is 51.8 Å². The molecule has 6 nitrogen and oxygen atoms in total. The highest BCUT2D eigenvalue weighted by molar-refractivity contribution is 7.89. The standard InChI is InChI=1S/C18H19N2O4S/c1-3-15(19)18(21)11(2)20-25(22,23)12-8-9-17-14(10-12)13-6-4-5-7-16(13)24-17/h4-11,15,19-20H,3H2,1-2H3. The largest absolute Gasteiger partial charge is 0.456 e. The summed E-state index contributed by atoms with van der Waals surface area (Å²) in [7, 11) is -3.88. The topological polar surface area (TPSA) is 100 Å². The summed E-state index contributed by atoms with van der Waals surface area (Å²) in [4.78, 5) is 12.1. The van der Waals surface area contributed by atoms with E-state index in [1.54, 1.807) is 19.1 Å². The predicted octanol–water partition coefficient (Wildman–Crippen LogP) is 2.88. The maximum atomic E-state index is 12.6. The van der Waals surface area contributed by atoms with Gasteiger partial charge in [0, 0.05) is 10.8 Å². The average molecular weight is 359 g/mol. The summed E-state index contributed by atoms with van der Waals surface area (Å²) in [6.07, 6.45) is 0.345. The molecule has 0 aliphatic heterocycles. The minimum absolute atomic E-state index is 0.0595.